The first kappa shape index (κ1) is 17.4. The summed E-state index contributed by atoms with van der Waals surface area (Å²) >= 11 is 0. The molecule has 0 saturated carbocycles. The third-order valence-electron chi connectivity index (χ3n) is 2.63. The van der Waals surface area contributed by atoms with Crippen LogP contribution in [0.3, 0.4) is 0 Å². The molecule has 0 rings (SSSR count). The van der Waals surface area contributed by atoms with Gasteiger partial charge in [-0.25, -0.2) is 12.7 Å². The summed E-state index contributed by atoms with van der Waals surface area (Å²) in [5, 5.41) is 24.8. The molecule has 0 radical (unpaired) electrons. The minimum absolute atomic E-state index is 0.222. The van der Waals surface area contributed by atoms with E-state index in [4.69, 9.17) is 15.8 Å². The maximum atomic E-state index is 12.2. The molecule has 0 aliphatic carbocycles. The summed E-state index contributed by atoms with van der Waals surface area (Å²) in [4.78, 5) is 0. The van der Waals surface area contributed by atoms with Crippen molar-refractivity contribution in [1.82, 2.24) is 4.31 Å². The van der Waals surface area contributed by atoms with E-state index >= 15 is 0 Å². The lowest BCUT2D eigenvalue weighted by molar-refractivity contribution is 0.397. The Morgan fingerprint density at radius 3 is 1.84 bits per heavy atom. The van der Waals surface area contributed by atoms with E-state index in [9.17, 15) is 8.42 Å². The SMILES string of the molecule is CCC(C#N)S(=O)(=O)N(CCCC#N)CCCC#N. The lowest BCUT2D eigenvalue weighted by atomic mass is 10.3. The van der Waals surface area contributed by atoms with Crippen molar-refractivity contribution in [2.75, 3.05) is 13.1 Å². The lowest BCUT2D eigenvalue weighted by Crippen LogP contribution is -2.39. The van der Waals surface area contributed by atoms with E-state index in [1.54, 1.807) is 13.0 Å². The van der Waals surface area contributed by atoms with Crippen molar-refractivity contribution in [2.45, 2.75) is 44.3 Å². The molecule has 0 aliphatic heterocycles. The highest BCUT2D eigenvalue weighted by molar-refractivity contribution is 7.90. The number of sulfonamides is 1. The van der Waals surface area contributed by atoms with Crippen molar-refractivity contribution >= 4 is 10.0 Å². The summed E-state index contributed by atoms with van der Waals surface area (Å²) < 4.78 is 25.7. The highest BCUT2D eigenvalue weighted by Gasteiger charge is 2.30. The lowest BCUT2D eigenvalue weighted by Gasteiger charge is -2.23. The Morgan fingerprint density at radius 1 is 1.05 bits per heavy atom. The number of rotatable bonds is 9. The number of nitriles is 3. The number of unbranched alkanes of at least 4 members (excludes halogenated alkanes) is 2. The molecule has 0 saturated heterocycles. The molecule has 0 aromatic rings. The van der Waals surface area contributed by atoms with E-state index in [0.717, 1.165) is 0 Å². The van der Waals surface area contributed by atoms with Crippen molar-refractivity contribution in [1.29, 1.82) is 15.8 Å². The van der Waals surface area contributed by atoms with Gasteiger partial charge in [-0.15, -0.1) is 0 Å². The van der Waals surface area contributed by atoms with E-state index in [2.05, 4.69) is 0 Å². The van der Waals surface area contributed by atoms with E-state index in [-0.39, 0.29) is 32.4 Å². The Morgan fingerprint density at radius 2 is 1.53 bits per heavy atom. The van der Waals surface area contributed by atoms with Gasteiger partial charge in [0.05, 0.1) is 18.2 Å². The summed E-state index contributed by atoms with van der Waals surface area (Å²) in [5.74, 6) is 0. The van der Waals surface area contributed by atoms with Crippen LogP contribution < -0.4 is 0 Å². The summed E-state index contributed by atoms with van der Waals surface area (Å²) in [6, 6.07) is 5.71. The quantitative estimate of drug-likeness (QED) is 0.596. The highest BCUT2D eigenvalue weighted by atomic mass is 32.2. The monoisotopic (exact) mass is 282 g/mol. The fourth-order valence-electron chi connectivity index (χ4n) is 1.58. The maximum Gasteiger partial charge on any atom is 0.230 e. The Kier molecular flexibility index (Phi) is 8.53. The fraction of sp³-hybridized carbons (Fsp3) is 0.750. The van der Waals surface area contributed by atoms with Gasteiger partial charge in [0.25, 0.3) is 0 Å². The van der Waals surface area contributed by atoms with E-state index in [0.29, 0.717) is 12.8 Å². The van der Waals surface area contributed by atoms with Crippen molar-refractivity contribution in [3.8, 4) is 18.2 Å². The van der Waals surface area contributed by atoms with Crippen LogP contribution in [0.4, 0.5) is 0 Å². The molecular weight excluding hydrogens is 264 g/mol. The average Bonchev–Trinajstić information content (AvgIpc) is 2.38. The molecule has 0 bridgehead atoms. The van der Waals surface area contributed by atoms with Crippen LogP contribution in [0.5, 0.6) is 0 Å². The van der Waals surface area contributed by atoms with E-state index < -0.39 is 15.3 Å². The van der Waals surface area contributed by atoms with Gasteiger partial charge in [0.2, 0.25) is 10.0 Å². The van der Waals surface area contributed by atoms with Crippen LogP contribution in [-0.2, 0) is 10.0 Å². The zero-order chi connectivity index (χ0) is 14.7. The van der Waals surface area contributed by atoms with Crippen LogP contribution in [-0.4, -0.2) is 31.1 Å². The number of hydrogen-bond acceptors (Lipinski definition) is 5. The Bertz CT molecular complexity index is 461. The Balaban J connectivity index is 4.85. The third-order valence-corrected chi connectivity index (χ3v) is 4.87. The molecular formula is C12H18N4O2S. The molecule has 0 fully saturated rings. The molecule has 0 amide bonds. The molecule has 7 heteroatoms. The average molecular weight is 282 g/mol. The van der Waals surface area contributed by atoms with Gasteiger partial charge >= 0.3 is 0 Å². The minimum atomic E-state index is -3.67. The van der Waals surface area contributed by atoms with Gasteiger partial charge in [0, 0.05) is 25.9 Å². The molecule has 0 N–H and O–H groups in total. The van der Waals surface area contributed by atoms with Gasteiger partial charge < -0.3 is 0 Å². The zero-order valence-corrected chi connectivity index (χ0v) is 11.9. The largest absolute Gasteiger partial charge is 0.230 e. The summed E-state index contributed by atoms with van der Waals surface area (Å²) in [7, 11) is -3.67. The maximum absolute atomic E-state index is 12.2. The second-order valence-corrected chi connectivity index (χ2v) is 6.11. The van der Waals surface area contributed by atoms with Crippen molar-refractivity contribution in [2.24, 2.45) is 0 Å². The van der Waals surface area contributed by atoms with Crippen LogP contribution >= 0.6 is 0 Å². The van der Waals surface area contributed by atoms with Crippen LogP contribution in [0.25, 0.3) is 0 Å². The smallest absolute Gasteiger partial charge is 0.211 e. The molecule has 1 unspecified atom stereocenters. The molecule has 0 aromatic carbocycles. The van der Waals surface area contributed by atoms with Gasteiger partial charge in [-0.1, -0.05) is 6.92 Å². The van der Waals surface area contributed by atoms with Crippen LogP contribution in [0.1, 0.15) is 39.0 Å². The topological polar surface area (TPSA) is 109 Å². The predicted molar refractivity (Wildman–Crippen MR) is 69.9 cm³/mol. The molecule has 0 spiro atoms. The second-order valence-electron chi connectivity index (χ2n) is 3.99. The summed E-state index contributed by atoms with van der Waals surface area (Å²) in [6.07, 6.45) is 1.64. The molecule has 19 heavy (non-hydrogen) atoms. The standard InChI is InChI=1S/C12H18N4O2S/c1-2-12(11-15)19(17,18)16(9-5-3-7-13)10-6-4-8-14/h12H,2-6,9-10H2,1H3. The summed E-state index contributed by atoms with van der Waals surface area (Å²) in [6.45, 7) is 2.09. The predicted octanol–water partition coefficient (Wildman–Crippen LogP) is 1.53. The third kappa shape index (κ3) is 5.70. The van der Waals surface area contributed by atoms with E-state index in [1.165, 1.54) is 4.31 Å². The van der Waals surface area contributed by atoms with Gasteiger partial charge in [-0.2, -0.15) is 15.8 Å². The molecule has 104 valence electrons. The Labute approximate surface area is 114 Å². The van der Waals surface area contributed by atoms with Gasteiger partial charge in [-0.05, 0) is 19.3 Å². The normalized spacial score (nSPS) is 12.4. The van der Waals surface area contributed by atoms with Crippen LogP contribution in [0.15, 0.2) is 0 Å². The highest BCUT2D eigenvalue weighted by Crippen LogP contribution is 2.14. The molecule has 0 aliphatic rings. The molecule has 0 aromatic heterocycles. The zero-order valence-electron chi connectivity index (χ0n) is 11.0. The fourth-order valence-corrected chi connectivity index (χ4v) is 3.27. The molecule has 1 atom stereocenters. The number of hydrogen-bond donors (Lipinski definition) is 0. The number of nitrogens with zero attached hydrogens (tertiary/aromatic N) is 4. The minimum Gasteiger partial charge on any atom is -0.211 e. The van der Waals surface area contributed by atoms with Crippen molar-refractivity contribution in [3.63, 3.8) is 0 Å². The van der Waals surface area contributed by atoms with Gasteiger partial charge in [0.15, 0.2) is 5.25 Å². The van der Waals surface area contributed by atoms with Gasteiger partial charge in [-0.3, -0.25) is 0 Å². The van der Waals surface area contributed by atoms with Crippen molar-refractivity contribution in [3.05, 3.63) is 0 Å². The first-order chi connectivity index (χ1) is 9.04. The van der Waals surface area contributed by atoms with E-state index in [1.807, 2.05) is 12.1 Å². The summed E-state index contributed by atoms with van der Waals surface area (Å²) in [5.41, 5.74) is 0. The van der Waals surface area contributed by atoms with Crippen LogP contribution in [0.2, 0.25) is 0 Å². The molecule has 6 nitrogen and oxygen atoms in total. The first-order valence-corrected chi connectivity index (χ1v) is 7.67. The second kappa shape index (κ2) is 9.33. The van der Waals surface area contributed by atoms with Crippen molar-refractivity contribution < 1.29 is 8.42 Å². The molecule has 0 heterocycles. The van der Waals surface area contributed by atoms with Crippen LogP contribution in [0, 0.1) is 34.0 Å². The van der Waals surface area contributed by atoms with Gasteiger partial charge in [0.1, 0.15) is 0 Å². The Hall–Kier alpha value is -1.62. The first-order valence-electron chi connectivity index (χ1n) is 6.17.